The molecule has 0 spiro atoms. The quantitative estimate of drug-likeness (QED) is 0.588. The Balaban J connectivity index is 1.93. The highest BCUT2D eigenvalue weighted by Crippen LogP contribution is 2.44. The summed E-state index contributed by atoms with van der Waals surface area (Å²) in [6.07, 6.45) is -0.837. The third kappa shape index (κ3) is 5.02. The number of alkyl halides is 1. The predicted octanol–water partition coefficient (Wildman–Crippen LogP) is 2.48. The second kappa shape index (κ2) is 10.3. The highest BCUT2D eigenvalue weighted by atomic mass is 19.1. The van der Waals surface area contributed by atoms with Crippen LogP contribution in [-0.4, -0.2) is 90.4 Å². The number of ether oxygens (including phenoxy) is 3. The number of anilines is 1. The van der Waals surface area contributed by atoms with Crippen LogP contribution in [-0.2, 0) is 31.1 Å². The van der Waals surface area contributed by atoms with Gasteiger partial charge in [0.1, 0.15) is 0 Å². The smallest absolute Gasteiger partial charge is 0.435 e. The molecular weight excluding hydrogens is 449 g/mol. The maximum atomic E-state index is 15.7. The first kappa shape index (κ1) is 25.9. The Labute approximate surface area is 198 Å². The zero-order chi connectivity index (χ0) is 25.1. The Hall–Kier alpha value is -2.73. The SMILES string of the molecule is CCOC(=O)Nc1nn(C(=O)OCCCOC)c2c1CN(C(=O)C1(F)CCN(C)CC1)C2(C)C. The van der Waals surface area contributed by atoms with Gasteiger partial charge < -0.3 is 24.0 Å². The van der Waals surface area contributed by atoms with E-state index in [4.69, 9.17) is 14.2 Å². The van der Waals surface area contributed by atoms with Crippen LogP contribution in [0, 0.1) is 0 Å². The number of halogens is 1. The summed E-state index contributed by atoms with van der Waals surface area (Å²) >= 11 is 0. The minimum Gasteiger partial charge on any atom is -0.450 e. The number of rotatable bonds is 7. The molecule has 190 valence electrons. The van der Waals surface area contributed by atoms with E-state index in [0.717, 1.165) is 4.68 Å². The van der Waals surface area contributed by atoms with Gasteiger partial charge in [-0.05, 0) is 27.8 Å². The third-order valence-electron chi connectivity index (χ3n) is 6.35. The average Bonchev–Trinajstić information content (AvgIpc) is 3.28. The molecule has 12 heteroatoms. The first-order valence-corrected chi connectivity index (χ1v) is 11.5. The number of aromatic nitrogens is 2. The van der Waals surface area contributed by atoms with E-state index in [-0.39, 0.29) is 38.4 Å². The third-order valence-corrected chi connectivity index (χ3v) is 6.35. The van der Waals surface area contributed by atoms with E-state index in [1.807, 2.05) is 11.9 Å². The van der Waals surface area contributed by atoms with Crippen molar-refractivity contribution in [1.29, 1.82) is 0 Å². The molecule has 0 radical (unpaired) electrons. The first-order valence-electron chi connectivity index (χ1n) is 11.5. The number of likely N-dealkylation sites (tertiary alicyclic amines) is 1. The molecule has 34 heavy (non-hydrogen) atoms. The minimum atomic E-state index is -2.00. The molecule has 2 aliphatic rings. The Morgan fingerprint density at radius 3 is 2.44 bits per heavy atom. The number of amides is 2. The maximum absolute atomic E-state index is 15.7. The standard InChI is InChI=1S/C22H34FN5O6/c1-6-33-19(30)24-17-15-14-27(18(29)22(23)8-10-26(4)11-9-22)21(2,3)16(15)28(25-17)20(31)34-13-7-12-32-5/h6-14H2,1-5H3,(H,24,25,30). The van der Waals surface area contributed by atoms with Gasteiger partial charge in [-0.3, -0.25) is 10.1 Å². The Morgan fingerprint density at radius 1 is 1.15 bits per heavy atom. The zero-order valence-electron chi connectivity index (χ0n) is 20.5. The van der Waals surface area contributed by atoms with Crippen LogP contribution in [0.4, 0.5) is 19.8 Å². The fourth-order valence-electron chi connectivity index (χ4n) is 4.39. The highest BCUT2D eigenvalue weighted by molar-refractivity contribution is 5.89. The monoisotopic (exact) mass is 483 g/mol. The lowest BCUT2D eigenvalue weighted by atomic mass is 9.90. The molecule has 0 aliphatic carbocycles. The zero-order valence-corrected chi connectivity index (χ0v) is 20.5. The molecule has 1 N–H and O–H groups in total. The van der Waals surface area contributed by atoms with Crippen molar-refractivity contribution < 1.29 is 33.0 Å². The molecule has 0 atom stereocenters. The molecule has 2 amide bonds. The Bertz CT molecular complexity index is 925. The summed E-state index contributed by atoms with van der Waals surface area (Å²) in [4.78, 5) is 41.8. The first-order chi connectivity index (χ1) is 16.0. The molecule has 1 aromatic heterocycles. The van der Waals surface area contributed by atoms with Gasteiger partial charge in [0.2, 0.25) is 0 Å². The van der Waals surface area contributed by atoms with Gasteiger partial charge >= 0.3 is 12.2 Å². The molecule has 1 aromatic rings. The van der Waals surface area contributed by atoms with Crippen LogP contribution in [0.25, 0.3) is 0 Å². The maximum Gasteiger partial charge on any atom is 0.435 e. The summed E-state index contributed by atoms with van der Waals surface area (Å²) < 4.78 is 32.0. The van der Waals surface area contributed by atoms with Crippen molar-refractivity contribution in [3.05, 3.63) is 11.3 Å². The second-order valence-corrected chi connectivity index (χ2v) is 9.11. The summed E-state index contributed by atoms with van der Waals surface area (Å²) in [5.74, 6) is -0.564. The molecule has 0 unspecified atom stereocenters. The number of hydrogen-bond donors (Lipinski definition) is 1. The number of piperidine rings is 1. The number of carbonyl (C=O) groups is 3. The molecule has 0 aromatic carbocycles. The van der Waals surface area contributed by atoms with Gasteiger partial charge in [-0.1, -0.05) is 0 Å². The van der Waals surface area contributed by atoms with Gasteiger partial charge in [0, 0.05) is 51.6 Å². The van der Waals surface area contributed by atoms with Crippen LogP contribution in [0.3, 0.4) is 0 Å². The molecule has 1 saturated heterocycles. The summed E-state index contributed by atoms with van der Waals surface area (Å²) in [6.45, 7) is 6.70. The second-order valence-electron chi connectivity index (χ2n) is 9.11. The molecule has 11 nitrogen and oxygen atoms in total. The number of methoxy groups -OCH3 is 1. The van der Waals surface area contributed by atoms with E-state index in [2.05, 4.69) is 10.4 Å². The van der Waals surface area contributed by atoms with Crippen LogP contribution in [0.2, 0.25) is 0 Å². The van der Waals surface area contributed by atoms with E-state index >= 15 is 4.39 Å². The number of nitrogens with one attached hydrogen (secondary N) is 1. The van der Waals surface area contributed by atoms with Crippen molar-refractivity contribution in [2.45, 2.75) is 57.8 Å². The van der Waals surface area contributed by atoms with E-state index in [0.29, 0.717) is 37.4 Å². The Kier molecular flexibility index (Phi) is 7.81. The van der Waals surface area contributed by atoms with Gasteiger partial charge in [-0.2, -0.15) is 4.68 Å². The lowest BCUT2D eigenvalue weighted by Crippen LogP contribution is -2.54. The van der Waals surface area contributed by atoms with E-state index < -0.39 is 29.3 Å². The molecule has 3 rings (SSSR count). The topological polar surface area (TPSA) is 115 Å². The molecule has 0 bridgehead atoms. The summed E-state index contributed by atoms with van der Waals surface area (Å²) in [5, 5.41) is 6.77. The van der Waals surface area contributed by atoms with Crippen molar-refractivity contribution in [2.24, 2.45) is 0 Å². The predicted molar refractivity (Wildman–Crippen MR) is 120 cm³/mol. The molecule has 3 heterocycles. The van der Waals surface area contributed by atoms with Gasteiger partial charge in [0.25, 0.3) is 5.91 Å². The van der Waals surface area contributed by atoms with Crippen LogP contribution < -0.4 is 5.32 Å². The Morgan fingerprint density at radius 2 is 1.82 bits per heavy atom. The largest absolute Gasteiger partial charge is 0.450 e. The number of fused-ring (bicyclic) bond motifs is 1. The lowest BCUT2D eigenvalue weighted by Gasteiger charge is -2.40. The fourth-order valence-corrected chi connectivity index (χ4v) is 4.39. The normalized spacial score (nSPS) is 18.9. The van der Waals surface area contributed by atoms with Gasteiger partial charge in [0.15, 0.2) is 11.5 Å². The molecule has 0 saturated carbocycles. The van der Waals surface area contributed by atoms with Crippen molar-refractivity contribution in [2.75, 3.05) is 52.4 Å². The van der Waals surface area contributed by atoms with Gasteiger partial charge in [0.05, 0.1) is 31.0 Å². The van der Waals surface area contributed by atoms with E-state index in [1.54, 1.807) is 27.9 Å². The number of carbonyl (C=O) groups excluding carboxylic acids is 3. The average molecular weight is 484 g/mol. The summed E-state index contributed by atoms with van der Waals surface area (Å²) in [5.41, 5.74) is -2.28. The van der Waals surface area contributed by atoms with Crippen molar-refractivity contribution in [3.8, 4) is 0 Å². The van der Waals surface area contributed by atoms with Crippen LogP contribution in [0.5, 0.6) is 0 Å². The van der Waals surface area contributed by atoms with Crippen molar-refractivity contribution in [1.82, 2.24) is 19.6 Å². The van der Waals surface area contributed by atoms with E-state index in [9.17, 15) is 14.4 Å². The van der Waals surface area contributed by atoms with Crippen LogP contribution >= 0.6 is 0 Å². The fraction of sp³-hybridized carbons (Fsp3) is 0.727. The lowest BCUT2D eigenvalue weighted by molar-refractivity contribution is -0.153. The number of nitrogens with zero attached hydrogens (tertiary/aromatic N) is 4. The van der Waals surface area contributed by atoms with E-state index in [1.165, 1.54) is 4.90 Å². The molecule has 1 fully saturated rings. The number of hydrogen-bond acceptors (Lipinski definition) is 8. The minimum absolute atomic E-state index is 0.0125. The van der Waals surface area contributed by atoms with Crippen molar-refractivity contribution in [3.63, 3.8) is 0 Å². The molecular formula is C22H34FN5O6. The summed E-state index contributed by atoms with van der Waals surface area (Å²) in [7, 11) is 3.44. The van der Waals surface area contributed by atoms with Crippen molar-refractivity contribution >= 4 is 23.9 Å². The highest BCUT2D eigenvalue weighted by Gasteiger charge is 2.53. The van der Waals surface area contributed by atoms with Gasteiger partial charge in [-0.15, -0.1) is 5.10 Å². The van der Waals surface area contributed by atoms with Crippen LogP contribution in [0.15, 0.2) is 0 Å². The summed E-state index contributed by atoms with van der Waals surface area (Å²) in [6, 6.07) is 0. The van der Waals surface area contributed by atoms with Gasteiger partial charge in [-0.25, -0.2) is 14.0 Å². The molecule has 2 aliphatic heterocycles. The van der Waals surface area contributed by atoms with Crippen LogP contribution in [0.1, 0.15) is 51.3 Å².